The number of amides is 1. The van der Waals surface area contributed by atoms with Crippen LogP contribution in [0, 0.1) is 0 Å². The molecule has 4 N–H and O–H groups in total. The van der Waals surface area contributed by atoms with Crippen molar-refractivity contribution in [1.82, 2.24) is 5.32 Å². The molecule has 1 amide bonds. The average Bonchev–Trinajstić information content (AvgIpc) is 2.80. The maximum atomic E-state index is 12.7. The molecule has 0 aliphatic heterocycles. The summed E-state index contributed by atoms with van der Waals surface area (Å²) in [5, 5.41) is 2.46. The minimum absolute atomic E-state index is 0.00896. The fourth-order valence-corrected chi connectivity index (χ4v) is 4.34. The third kappa shape index (κ3) is 6.53. The molecule has 0 spiro atoms. The third-order valence-corrected chi connectivity index (χ3v) is 6.50. The van der Waals surface area contributed by atoms with Gasteiger partial charge in [-0.05, 0) is 34.9 Å². The van der Waals surface area contributed by atoms with Crippen LogP contribution in [0.5, 0.6) is 0 Å². The largest absolute Gasteiger partial charge is 0.507 e. The van der Waals surface area contributed by atoms with Gasteiger partial charge in [-0.2, -0.15) is 4.89 Å². The van der Waals surface area contributed by atoms with E-state index in [9.17, 15) is 28.5 Å². The van der Waals surface area contributed by atoms with Gasteiger partial charge in [0.05, 0.1) is 29.7 Å². The van der Waals surface area contributed by atoms with Crippen molar-refractivity contribution in [3.8, 4) is 0 Å². The first-order chi connectivity index (χ1) is 16.1. The van der Waals surface area contributed by atoms with E-state index >= 15 is 0 Å². The molecule has 1 aliphatic rings. The molecule has 3 rings (SSSR count). The summed E-state index contributed by atoms with van der Waals surface area (Å²) in [5.74, 6) is -0.891. The molecule has 1 atom stereocenters. The zero-order valence-corrected chi connectivity index (χ0v) is 20.1. The summed E-state index contributed by atoms with van der Waals surface area (Å²) in [6.45, 7) is 0.155. The Labute approximate surface area is 197 Å². The number of aliphatic imine (C=N–C) groups is 1. The molecule has 0 aromatic heterocycles. The predicted molar refractivity (Wildman–Crippen MR) is 129 cm³/mol. The van der Waals surface area contributed by atoms with Gasteiger partial charge in [-0.15, -0.1) is 0 Å². The van der Waals surface area contributed by atoms with Gasteiger partial charge in [0.15, 0.2) is 11.9 Å². The van der Waals surface area contributed by atoms with Gasteiger partial charge in [0.25, 0.3) is 5.91 Å². The van der Waals surface area contributed by atoms with Crippen molar-refractivity contribution < 1.29 is 33.4 Å². The number of anilines is 1. The molecular formula is C22H24N3O7P2+. The molecule has 2 aromatic rings. The molecule has 1 unspecified atom stereocenters. The zero-order valence-electron chi connectivity index (χ0n) is 18.3. The molecule has 12 heteroatoms. The smallest absolute Gasteiger partial charge is 0.367 e. The highest BCUT2D eigenvalue weighted by molar-refractivity contribution is 7.51. The summed E-state index contributed by atoms with van der Waals surface area (Å²) in [6, 6.07) is 13.6. The van der Waals surface area contributed by atoms with E-state index in [1.807, 2.05) is 0 Å². The van der Waals surface area contributed by atoms with Crippen molar-refractivity contribution in [2.45, 2.75) is 0 Å². The first kappa shape index (κ1) is 25.6. The molecular weight excluding hydrogens is 480 g/mol. The van der Waals surface area contributed by atoms with Gasteiger partial charge in [-0.25, -0.2) is 4.99 Å². The molecule has 0 radical (unpaired) electrons. The van der Waals surface area contributed by atoms with Crippen LogP contribution in [0.4, 0.5) is 11.4 Å². The first-order valence-corrected chi connectivity index (χ1v) is 13.5. The number of benzene rings is 2. The number of nitrogens with one attached hydrogen (secondary N) is 1. The Morgan fingerprint density at radius 1 is 1.09 bits per heavy atom. The van der Waals surface area contributed by atoms with Gasteiger partial charge in [0.2, 0.25) is 0 Å². The number of allylic oxidation sites excluding steroid dienone is 1. The van der Waals surface area contributed by atoms with E-state index in [1.54, 1.807) is 53.4 Å². The molecule has 10 nitrogen and oxygen atoms in total. The van der Waals surface area contributed by atoms with E-state index in [0.29, 0.717) is 28.2 Å². The van der Waals surface area contributed by atoms with E-state index < -0.39 is 27.7 Å². The molecule has 0 fully saturated rings. The van der Waals surface area contributed by atoms with Gasteiger partial charge in [-0.1, -0.05) is 24.3 Å². The van der Waals surface area contributed by atoms with Gasteiger partial charge >= 0.3 is 15.6 Å². The number of nitrogens with zero attached hydrogens (tertiary/aromatic N) is 2. The number of fused-ring (bicyclic) bond motifs is 1. The molecule has 0 heterocycles. The maximum absolute atomic E-state index is 12.7. The SMILES string of the molecule is CNC(=O)C1=CC(=Nc2ccc(N(CC[P+](=O)O)CCP(=O)(O)O)cc2)c2ccccc2C1=O. The van der Waals surface area contributed by atoms with Crippen LogP contribution in [0.1, 0.15) is 15.9 Å². The van der Waals surface area contributed by atoms with Crippen molar-refractivity contribution in [1.29, 1.82) is 0 Å². The van der Waals surface area contributed by atoms with E-state index in [4.69, 9.17) is 4.89 Å². The number of hydrogen-bond donors (Lipinski definition) is 4. The average molecular weight is 504 g/mol. The van der Waals surface area contributed by atoms with Crippen LogP contribution >= 0.6 is 15.6 Å². The van der Waals surface area contributed by atoms with E-state index in [0.717, 1.165) is 0 Å². The summed E-state index contributed by atoms with van der Waals surface area (Å²) >= 11 is 0. The highest BCUT2D eigenvalue weighted by Crippen LogP contribution is 2.34. The highest BCUT2D eigenvalue weighted by atomic mass is 31.2. The normalized spacial score (nSPS) is 14.9. The van der Waals surface area contributed by atoms with Gasteiger partial charge < -0.3 is 20.0 Å². The minimum atomic E-state index is -4.24. The van der Waals surface area contributed by atoms with E-state index in [2.05, 4.69) is 10.3 Å². The van der Waals surface area contributed by atoms with E-state index in [1.165, 1.54) is 13.1 Å². The van der Waals surface area contributed by atoms with Gasteiger partial charge in [0, 0.05) is 30.4 Å². The summed E-state index contributed by atoms with van der Waals surface area (Å²) in [4.78, 5) is 58.6. The van der Waals surface area contributed by atoms with Crippen LogP contribution in [0.25, 0.3) is 0 Å². The first-order valence-electron chi connectivity index (χ1n) is 10.3. The van der Waals surface area contributed by atoms with Crippen LogP contribution in [-0.4, -0.2) is 64.5 Å². The molecule has 2 aromatic carbocycles. The zero-order chi connectivity index (χ0) is 24.9. The van der Waals surface area contributed by atoms with Crippen molar-refractivity contribution in [2.24, 2.45) is 4.99 Å². The predicted octanol–water partition coefficient (Wildman–Crippen LogP) is 2.39. The van der Waals surface area contributed by atoms with Crippen molar-refractivity contribution in [3.05, 3.63) is 71.3 Å². The Hall–Kier alpha value is -3.00. The highest BCUT2D eigenvalue weighted by Gasteiger charge is 2.28. The number of likely N-dealkylation sites (N-methyl/N-ethyl adjacent to an activating group) is 1. The number of carbonyl (C=O) groups excluding carboxylic acids is 2. The minimum Gasteiger partial charge on any atom is -0.367 e. The van der Waals surface area contributed by atoms with Crippen molar-refractivity contribution in [3.63, 3.8) is 0 Å². The second-order valence-electron chi connectivity index (χ2n) is 7.48. The lowest BCUT2D eigenvalue weighted by atomic mass is 9.88. The summed E-state index contributed by atoms with van der Waals surface area (Å²) in [7, 11) is -5.19. The van der Waals surface area contributed by atoms with Crippen LogP contribution in [0.2, 0.25) is 0 Å². The molecule has 0 bridgehead atoms. The van der Waals surface area contributed by atoms with Crippen LogP contribution in [-0.2, 0) is 13.9 Å². The van der Waals surface area contributed by atoms with Gasteiger partial charge in [-0.3, -0.25) is 14.2 Å². The Morgan fingerprint density at radius 2 is 1.74 bits per heavy atom. The lowest BCUT2D eigenvalue weighted by molar-refractivity contribution is -0.116. The van der Waals surface area contributed by atoms with E-state index in [-0.39, 0.29) is 30.6 Å². The summed E-state index contributed by atoms with van der Waals surface area (Å²) in [6.07, 6.45) is 1.01. The third-order valence-electron chi connectivity index (χ3n) is 5.13. The lowest BCUT2D eigenvalue weighted by Crippen LogP contribution is -2.29. The maximum Gasteiger partial charge on any atom is 0.507 e. The molecule has 1 aliphatic carbocycles. The van der Waals surface area contributed by atoms with Crippen LogP contribution < -0.4 is 10.2 Å². The number of rotatable bonds is 9. The number of hydrogen-bond acceptors (Lipinski definition) is 6. The monoisotopic (exact) mass is 504 g/mol. The standard InChI is InChI=1S/C22H23N3O7P2/c1-23-22(27)19-14-20(17-4-2-3-5-18(17)21(19)26)24-15-6-8-16(9-7-15)25(10-12-33(28)29)11-13-34(30,31)32/h2-9,14H,10-13H2,1H3,(H3-,23,27,28,29,30,31,32)/p+1. The Bertz CT molecular complexity index is 1220. The van der Waals surface area contributed by atoms with Crippen LogP contribution in [0.3, 0.4) is 0 Å². The second-order valence-corrected chi connectivity index (χ2v) is 10.4. The topological polar surface area (TPSA) is 157 Å². The number of Topliss-reactive ketones (excluding diaryl/α,β-unsaturated/α-hetero) is 1. The summed E-state index contributed by atoms with van der Waals surface area (Å²) in [5.41, 5.74) is 2.53. The lowest BCUT2D eigenvalue weighted by Gasteiger charge is -2.23. The molecule has 178 valence electrons. The fraction of sp³-hybridized carbons (Fsp3) is 0.227. The molecule has 0 saturated heterocycles. The Kier molecular flexibility index (Phi) is 8.25. The fourth-order valence-electron chi connectivity index (χ4n) is 3.43. The number of ketones is 1. The van der Waals surface area contributed by atoms with Crippen LogP contribution in [0.15, 0.2) is 65.2 Å². The number of carbonyl (C=O) groups is 2. The van der Waals surface area contributed by atoms with Crippen molar-refractivity contribution in [2.75, 3.05) is 37.4 Å². The van der Waals surface area contributed by atoms with Gasteiger partial charge in [0.1, 0.15) is 0 Å². The summed E-state index contributed by atoms with van der Waals surface area (Å²) < 4.78 is 22.4. The Balaban J connectivity index is 1.92. The molecule has 34 heavy (non-hydrogen) atoms. The Morgan fingerprint density at radius 3 is 2.32 bits per heavy atom. The quantitative estimate of drug-likeness (QED) is 0.300. The second kappa shape index (κ2) is 11.0. The van der Waals surface area contributed by atoms with Crippen molar-refractivity contribution >= 4 is 44.4 Å². The molecule has 0 saturated carbocycles.